The monoisotopic (exact) mass is 362 g/mol. The lowest BCUT2D eigenvalue weighted by Gasteiger charge is -2.14. The SMILES string of the molecule is COc1ccc(C(=O)Nc2cc(Cl)ccc2C(=O)NC(C)C)c(O)c1. The molecule has 0 atom stereocenters. The van der Waals surface area contributed by atoms with Gasteiger partial charge in [-0.1, -0.05) is 11.6 Å². The van der Waals surface area contributed by atoms with Crippen LogP contribution in [0, 0.1) is 0 Å². The van der Waals surface area contributed by atoms with Crippen LogP contribution in [0.2, 0.25) is 5.02 Å². The van der Waals surface area contributed by atoms with Crippen LogP contribution in [0.15, 0.2) is 36.4 Å². The quantitative estimate of drug-likeness (QED) is 0.760. The molecule has 0 aliphatic rings. The molecule has 0 spiro atoms. The molecular formula is C18H19ClN2O4. The van der Waals surface area contributed by atoms with Gasteiger partial charge in [-0.05, 0) is 44.2 Å². The molecule has 0 aromatic heterocycles. The summed E-state index contributed by atoms with van der Waals surface area (Å²) < 4.78 is 4.99. The number of halogens is 1. The van der Waals surface area contributed by atoms with Gasteiger partial charge in [0.1, 0.15) is 11.5 Å². The average molecular weight is 363 g/mol. The molecular weight excluding hydrogens is 344 g/mol. The summed E-state index contributed by atoms with van der Waals surface area (Å²) in [6, 6.07) is 8.84. The molecule has 2 amide bonds. The maximum absolute atomic E-state index is 12.5. The normalized spacial score (nSPS) is 10.4. The van der Waals surface area contributed by atoms with E-state index in [0.29, 0.717) is 10.8 Å². The summed E-state index contributed by atoms with van der Waals surface area (Å²) in [5.74, 6) is -0.706. The number of hydrogen-bond acceptors (Lipinski definition) is 4. The second-order valence-corrected chi connectivity index (χ2v) is 6.09. The number of hydrogen-bond donors (Lipinski definition) is 3. The number of amides is 2. The van der Waals surface area contributed by atoms with Crippen LogP contribution in [0.3, 0.4) is 0 Å². The first-order valence-electron chi connectivity index (χ1n) is 7.60. The molecule has 0 saturated carbocycles. The molecule has 3 N–H and O–H groups in total. The Labute approximate surface area is 150 Å². The lowest BCUT2D eigenvalue weighted by Crippen LogP contribution is -2.31. The molecule has 2 aromatic rings. The van der Waals surface area contributed by atoms with Gasteiger partial charge >= 0.3 is 0 Å². The first kappa shape index (κ1) is 18.6. The largest absolute Gasteiger partial charge is 0.507 e. The van der Waals surface area contributed by atoms with Crippen LogP contribution < -0.4 is 15.4 Å². The van der Waals surface area contributed by atoms with Crippen LogP contribution in [0.25, 0.3) is 0 Å². The number of carbonyl (C=O) groups excluding carboxylic acids is 2. The van der Waals surface area contributed by atoms with Crippen LogP contribution in [-0.2, 0) is 0 Å². The number of carbonyl (C=O) groups is 2. The summed E-state index contributed by atoms with van der Waals surface area (Å²) >= 11 is 5.98. The Kier molecular flexibility index (Phi) is 5.88. The highest BCUT2D eigenvalue weighted by molar-refractivity contribution is 6.31. The Morgan fingerprint density at radius 2 is 1.76 bits per heavy atom. The van der Waals surface area contributed by atoms with Crippen LogP contribution in [0.4, 0.5) is 5.69 Å². The zero-order valence-corrected chi connectivity index (χ0v) is 14.8. The molecule has 0 fully saturated rings. The van der Waals surface area contributed by atoms with Gasteiger partial charge in [-0.2, -0.15) is 0 Å². The van der Waals surface area contributed by atoms with Crippen molar-refractivity contribution in [3.63, 3.8) is 0 Å². The number of aromatic hydroxyl groups is 1. The molecule has 2 rings (SSSR count). The van der Waals surface area contributed by atoms with Crippen molar-refractivity contribution in [1.29, 1.82) is 0 Å². The summed E-state index contributed by atoms with van der Waals surface area (Å²) in [7, 11) is 1.46. The molecule has 132 valence electrons. The minimum Gasteiger partial charge on any atom is -0.507 e. The molecule has 0 aliphatic heterocycles. The predicted molar refractivity (Wildman–Crippen MR) is 96.7 cm³/mol. The number of phenols is 1. The average Bonchev–Trinajstić information content (AvgIpc) is 2.53. The van der Waals surface area contributed by atoms with Crippen LogP contribution in [-0.4, -0.2) is 30.1 Å². The molecule has 7 heteroatoms. The Hall–Kier alpha value is -2.73. The summed E-state index contributed by atoms with van der Waals surface area (Å²) in [6.45, 7) is 3.67. The van der Waals surface area contributed by atoms with Gasteiger partial charge in [0.25, 0.3) is 11.8 Å². The number of methoxy groups -OCH3 is 1. The van der Waals surface area contributed by atoms with Crippen LogP contribution in [0.5, 0.6) is 11.5 Å². The van der Waals surface area contributed by atoms with E-state index < -0.39 is 5.91 Å². The van der Waals surface area contributed by atoms with Crippen molar-refractivity contribution >= 4 is 29.1 Å². The minimum atomic E-state index is -0.569. The zero-order valence-electron chi connectivity index (χ0n) is 14.1. The highest BCUT2D eigenvalue weighted by Crippen LogP contribution is 2.26. The Morgan fingerprint density at radius 1 is 1.08 bits per heavy atom. The van der Waals surface area contributed by atoms with E-state index in [4.69, 9.17) is 16.3 Å². The van der Waals surface area contributed by atoms with E-state index in [1.807, 2.05) is 13.8 Å². The van der Waals surface area contributed by atoms with E-state index in [2.05, 4.69) is 10.6 Å². The maximum Gasteiger partial charge on any atom is 0.259 e. The number of ether oxygens (including phenoxy) is 1. The first-order valence-corrected chi connectivity index (χ1v) is 7.98. The first-order chi connectivity index (χ1) is 11.8. The maximum atomic E-state index is 12.5. The van der Waals surface area contributed by atoms with Gasteiger partial charge < -0.3 is 20.5 Å². The fourth-order valence-corrected chi connectivity index (χ4v) is 2.35. The molecule has 0 unspecified atom stereocenters. The fraction of sp³-hybridized carbons (Fsp3) is 0.222. The van der Waals surface area contributed by atoms with Gasteiger partial charge in [0.2, 0.25) is 0 Å². The van der Waals surface area contributed by atoms with Crippen molar-refractivity contribution in [2.45, 2.75) is 19.9 Å². The number of anilines is 1. The third-order valence-corrected chi connectivity index (χ3v) is 3.58. The standard InChI is InChI=1S/C18H19ClN2O4/c1-10(2)20-17(23)13-6-4-11(19)8-15(13)21-18(24)14-7-5-12(25-3)9-16(14)22/h4-10,22H,1-3H3,(H,20,23)(H,21,24). The lowest BCUT2D eigenvalue weighted by molar-refractivity contribution is 0.0944. The molecule has 0 radical (unpaired) electrons. The van der Waals surface area contributed by atoms with E-state index >= 15 is 0 Å². The topological polar surface area (TPSA) is 87.7 Å². The van der Waals surface area contributed by atoms with E-state index in [0.717, 1.165) is 0 Å². The zero-order chi connectivity index (χ0) is 18.6. The van der Waals surface area contributed by atoms with Crippen molar-refractivity contribution in [1.82, 2.24) is 5.32 Å². The Bertz CT molecular complexity index is 806. The van der Waals surface area contributed by atoms with Crippen molar-refractivity contribution in [2.75, 3.05) is 12.4 Å². The molecule has 0 aliphatic carbocycles. The predicted octanol–water partition coefficient (Wildman–Crippen LogP) is 3.44. The minimum absolute atomic E-state index is 0.0518. The molecule has 6 nitrogen and oxygen atoms in total. The van der Waals surface area contributed by atoms with Crippen LogP contribution >= 0.6 is 11.6 Å². The summed E-state index contributed by atoms with van der Waals surface area (Å²) in [6.07, 6.45) is 0. The van der Waals surface area contributed by atoms with Gasteiger partial charge in [-0.25, -0.2) is 0 Å². The lowest BCUT2D eigenvalue weighted by atomic mass is 10.1. The van der Waals surface area contributed by atoms with Gasteiger partial charge in [0.15, 0.2) is 0 Å². The van der Waals surface area contributed by atoms with E-state index in [-0.39, 0.29) is 34.5 Å². The van der Waals surface area contributed by atoms with Gasteiger partial charge in [0, 0.05) is 17.1 Å². The number of phenolic OH excluding ortho intramolecular Hbond substituents is 1. The van der Waals surface area contributed by atoms with Gasteiger partial charge in [0.05, 0.1) is 23.9 Å². The summed E-state index contributed by atoms with van der Waals surface area (Å²) in [5.41, 5.74) is 0.585. The van der Waals surface area contributed by atoms with E-state index in [1.54, 1.807) is 12.1 Å². The molecule has 0 saturated heterocycles. The van der Waals surface area contributed by atoms with Crippen molar-refractivity contribution in [2.24, 2.45) is 0 Å². The van der Waals surface area contributed by atoms with Crippen LogP contribution in [0.1, 0.15) is 34.6 Å². The molecule has 25 heavy (non-hydrogen) atoms. The van der Waals surface area contributed by atoms with Gasteiger partial charge in [-0.15, -0.1) is 0 Å². The van der Waals surface area contributed by atoms with Crippen molar-refractivity contribution < 1.29 is 19.4 Å². The summed E-state index contributed by atoms with van der Waals surface area (Å²) in [4.78, 5) is 24.7. The Balaban J connectivity index is 2.31. The van der Waals surface area contributed by atoms with E-state index in [1.165, 1.54) is 31.4 Å². The highest BCUT2D eigenvalue weighted by atomic mass is 35.5. The molecule has 0 bridgehead atoms. The second-order valence-electron chi connectivity index (χ2n) is 5.66. The Morgan fingerprint density at radius 3 is 2.36 bits per heavy atom. The smallest absolute Gasteiger partial charge is 0.259 e. The second kappa shape index (κ2) is 7.90. The molecule has 0 heterocycles. The van der Waals surface area contributed by atoms with Crippen molar-refractivity contribution in [3.8, 4) is 11.5 Å². The molecule has 2 aromatic carbocycles. The third kappa shape index (κ3) is 4.64. The number of nitrogens with one attached hydrogen (secondary N) is 2. The van der Waals surface area contributed by atoms with E-state index in [9.17, 15) is 14.7 Å². The number of benzene rings is 2. The fourth-order valence-electron chi connectivity index (χ4n) is 2.18. The summed E-state index contributed by atoms with van der Waals surface area (Å²) in [5, 5.41) is 15.7. The van der Waals surface area contributed by atoms with Gasteiger partial charge in [-0.3, -0.25) is 9.59 Å². The number of rotatable bonds is 5. The highest BCUT2D eigenvalue weighted by Gasteiger charge is 2.17. The third-order valence-electron chi connectivity index (χ3n) is 3.34. The van der Waals surface area contributed by atoms with Crippen molar-refractivity contribution in [3.05, 3.63) is 52.5 Å².